The highest BCUT2D eigenvalue weighted by atomic mass is 16.7. The summed E-state index contributed by atoms with van der Waals surface area (Å²) in [6, 6.07) is 10.3. The minimum absolute atomic E-state index is 0.00776. The molecule has 4 rings (SSSR count). The van der Waals surface area contributed by atoms with Crippen LogP contribution in [0.2, 0.25) is 0 Å². The molecule has 1 aliphatic heterocycles. The molecule has 0 amide bonds. The van der Waals surface area contributed by atoms with Crippen molar-refractivity contribution in [1.82, 2.24) is 14.8 Å². The summed E-state index contributed by atoms with van der Waals surface area (Å²) in [6.07, 6.45) is 3.10. The third kappa shape index (κ3) is 3.69. The Morgan fingerprint density at radius 1 is 1.17 bits per heavy atom. The second-order valence-electron chi connectivity index (χ2n) is 6.77. The van der Waals surface area contributed by atoms with E-state index in [-0.39, 0.29) is 25.1 Å². The van der Waals surface area contributed by atoms with E-state index in [2.05, 4.69) is 10.1 Å². The van der Waals surface area contributed by atoms with Crippen molar-refractivity contribution in [3.8, 4) is 17.3 Å². The van der Waals surface area contributed by atoms with Gasteiger partial charge in [-0.15, -0.1) is 0 Å². The molecule has 0 bridgehead atoms. The van der Waals surface area contributed by atoms with E-state index in [0.717, 1.165) is 0 Å². The van der Waals surface area contributed by atoms with E-state index in [4.69, 9.17) is 14.2 Å². The van der Waals surface area contributed by atoms with Crippen molar-refractivity contribution in [1.29, 1.82) is 0 Å². The third-order valence-corrected chi connectivity index (χ3v) is 4.47. The Labute approximate surface area is 167 Å². The lowest BCUT2D eigenvalue weighted by Gasteiger charge is -2.12. The highest BCUT2D eigenvalue weighted by Gasteiger charge is 2.24. The number of benzene rings is 1. The van der Waals surface area contributed by atoms with Gasteiger partial charge in [0.1, 0.15) is 5.56 Å². The van der Waals surface area contributed by atoms with Gasteiger partial charge in [0.05, 0.1) is 11.9 Å². The van der Waals surface area contributed by atoms with E-state index < -0.39 is 5.97 Å². The number of hydrogen-bond donors (Lipinski definition) is 0. The average Bonchev–Trinajstić information content (AvgIpc) is 3.38. The van der Waals surface area contributed by atoms with Crippen molar-refractivity contribution < 1.29 is 23.8 Å². The Balaban J connectivity index is 1.50. The Morgan fingerprint density at radius 2 is 2.00 bits per heavy atom. The van der Waals surface area contributed by atoms with E-state index in [0.29, 0.717) is 34.1 Å². The Hall–Kier alpha value is -3.68. The second kappa shape index (κ2) is 7.75. The lowest BCUT2D eigenvalue weighted by atomic mass is 10.1. The van der Waals surface area contributed by atoms with Crippen LogP contribution in [0.1, 0.15) is 46.2 Å². The number of ether oxygens (including phenoxy) is 3. The zero-order valence-electron chi connectivity index (χ0n) is 16.0. The lowest BCUT2D eigenvalue weighted by Crippen LogP contribution is -2.16. The highest BCUT2D eigenvalue weighted by Crippen LogP contribution is 2.32. The van der Waals surface area contributed by atoms with E-state index in [1.165, 1.54) is 6.20 Å². The predicted octanol–water partition coefficient (Wildman–Crippen LogP) is 3.16. The first-order chi connectivity index (χ1) is 14.0. The third-order valence-electron chi connectivity index (χ3n) is 4.47. The number of carbonyl (C=O) groups excluding carboxylic acids is 2. The van der Waals surface area contributed by atoms with Gasteiger partial charge in [-0.05, 0) is 36.2 Å². The first kappa shape index (κ1) is 18.7. The summed E-state index contributed by atoms with van der Waals surface area (Å²) in [4.78, 5) is 29.3. The number of esters is 1. The van der Waals surface area contributed by atoms with Crippen LogP contribution >= 0.6 is 0 Å². The van der Waals surface area contributed by atoms with Crippen LogP contribution < -0.4 is 9.47 Å². The van der Waals surface area contributed by atoms with Crippen molar-refractivity contribution >= 4 is 11.8 Å². The summed E-state index contributed by atoms with van der Waals surface area (Å²) < 4.78 is 17.4. The number of hydrogen-bond acceptors (Lipinski definition) is 7. The van der Waals surface area contributed by atoms with Crippen molar-refractivity contribution in [2.75, 3.05) is 13.4 Å². The molecule has 0 aliphatic carbocycles. The lowest BCUT2D eigenvalue weighted by molar-refractivity contribution is 0.0473. The fourth-order valence-corrected chi connectivity index (χ4v) is 3.09. The van der Waals surface area contributed by atoms with Crippen LogP contribution in [0.4, 0.5) is 0 Å². The van der Waals surface area contributed by atoms with E-state index >= 15 is 0 Å². The molecule has 148 valence electrons. The molecule has 0 saturated heterocycles. The van der Waals surface area contributed by atoms with Gasteiger partial charge >= 0.3 is 5.97 Å². The molecule has 8 nitrogen and oxygen atoms in total. The quantitative estimate of drug-likeness (QED) is 0.469. The zero-order chi connectivity index (χ0) is 20.4. The van der Waals surface area contributed by atoms with Crippen molar-refractivity contribution in [3.63, 3.8) is 0 Å². The predicted molar refractivity (Wildman–Crippen MR) is 103 cm³/mol. The summed E-state index contributed by atoms with van der Waals surface area (Å²) in [7, 11) is 0. The number of pyridine rings is 1. The highest BCUT2D eigenvalue weighted by molar-refractivity contribution is 6.00. The minimum atomic E-state index is -0.607. The van der Waals surface area contributed by atoms with Gasteiger partial charge < -0.3 is 14.2 Å². The smallest absolute Gasteiger partial charge is 0.342 e. The number of ketones is 1. The standard InChI is InChI=1S/C21H19N3O5/c1-13(2)20-15(10-23-24(20)19-5-3-4-8-22-19)21(26)27-11-16(25)14-6-7-17-18(9-14)29-12-28-17/h3-10,13H,11-12H2,1-2H3. The average molecular weight is 393 g/mol. The zero-order valence-corrected chi connectivity index (χ0v) is 16.0. The largest absolute Gasteiger partial charge is 0.454 e. The van der Waals surface area contributed by atoms with E-state index in [9.17, 15) is 9.59 Å². The number of Topliss-reactive ketones (excluding diaryl/α,β-unsaturated/α-hetero) is 1. The maximum atomic E-state index is 12.6. The summed E-state index contributed by atoms with van der Waals surface area (Å²) in [5.74, 6) is 0.742. The molecule has 0 N–H and O–H groups in total. The Bertz CT molecular complexity index is 1060. The molecule has 1 aromatic carbocycles. The van der Waals surface area contributed by atoms with Gasteiger partial charge in [0, 0.05) is 11.8 Å². The van der Waals surface area contributed by atoms with Gasteiger partial charge in [-0.25, -0.2) is 14.5 Å². The van der Waals surface area contributed by atoms with E-state index in [1.807, 2.05) is 19.9 Å². The number of nitrogens with zero attached hydrogens (tertiary/aromatic N) is 3. The Kier molecular flexibility index (Phi) is 4.99. The molecule has 1 aliphatic rings. The molecule has 0 radical (unpaired) electrons. The molecule has 0 saturated carbocycles. The molecule has 8 heteroatoms. The maximum Gasteiger partial charge on any atom is 0.342 e. The van der Waals surface area contributed by atoms with E-state index in [1.54, 1.807) is 41.2 Å². The number of carbonyl (C=O) groups is 2. The van der Waals surface area contributed by atoms with Crippen LogP contribution in [0.3, 0.4) is 0 Å². The summed E-state index contributed by atoms with van der Waals surface area (Å²) in [5.41, 5.74) is 1.36. The van der Waals surface area contributed by atoms with Gasteiger partial charge in [-0.3, -0.25) is 4.79 Å². The van der Waals surface area contributed by atoms with Crippen molar-refractivity contribution in [3.05, 3.63) is 65.6 Å². The molecule has 3 heterocycles. The summed E-state index contributed by atoms with van der Waals surface area (Å²) in [6.45, 7) is 3.64. The molecule has 29 heavy (non-hydrogen) atoms. The van der Waals surface area contributed by atoms with Gasteiger partial charge in [0.2, 0.25) is 6.79 Å². The molecule has 0 atom stereocenters. The second-order valence-corrected chi connectivity index (χ2v) is 6.77. The first-order valence-electron chi connectivity index (χ1n) is 9.14. The topological polar surface area (TPSA) is 92.5 Å². The number of aromatic nitrogens is 3. The number of fused-ring (bicyclic) bond motifs is 1. The number of rotatable bonds is 6. The van der Waals surface area contributed by atoms with Crippen molar-refractivity contribution in [2.24, 2.45) is 0 Å². The molecular weight excluding hydrogens is 374 g/mol. The normalized spacial score (nSPS) is 12.2. The van der Waals surface area contributed by atoms with Crippen LogP contribution in [0.15, 0.2) is 48.8 Å². The minimum Gasteiger partial charge on any atom is -0.454 e. The molecule has 0 spiro atoms. The summed E-state index contributed by atoms with van der Waals surface area (Å²) in [5, 5.41) is 4.29. The molecular formula is C21H19N3O5. The van der Waals surface area contributed by atoms with Gasteiger partial charge in [-0.2, -0.15) is 5.10 Å². The molecule has 0 unspecified atom stereocenters. The fraction of sp³-hybridized carbons (Fsp3) is 0.238. The SMILES string of the molecule is CC(C)c1c(C(=O)OCC(=O)c2ccc3c(c2)OCO3)cnn1-c1ccccn1. The van der Waals surface area contributed by atoms with Gasteiger partial charge in [0.25, 0.3) is 0 Å². The maximum absolute atomic E-state index is 12.6. The molecule has 0 fully saturated rings. The van der Waals surface area contributed by atoms with Crippen LogP contribution in [0, 0.1) is 0 Å². The fourth-order valence-electron chi connectivity index (χ4n) is 3.09. The molecule has 3 aromatic rings. The van der Waals surface area contributed by atoms with Gasteiger partial charge in [0.15, 0.2) is 29.7 Å². The summed E-state index contributed by atoms with van der Waals surface area (Å²) >= 11 is 0. The molecule has 2 aromatic heterocycles. The van der Waals surface area contributed by atoms with Crippen LogP contribution in [-0.4, -0.2) is 39.9 Å². The van der Waals surface area contributed by atoms with Crippen LogP contribution in [0.25, 0.3) is 5.82 Å². The Morgan fingerprint density at radius 3 is 2.76 bits per heavy atom. The van der Waals surface area contributed by atoms with Crippen molar-refractivity contribution in [2.45, 2.75) is 19.8 Å². The van der Waals surface area contributed by atoms with Crippen LogP contribution in [-0.2, 0) is 4.74 Å². The van der Waals surface area contributed by atoms with Gasteiger partial charge in [-0.1, -0.05) is 19.9 Å². The monoisotopic (exact) mass is 393 g/mol. The van der Waals surface area contributed by atoms with Crippen LogP contribution in [0.5, 0.6) is 11.5 Å². The first-order valence-corrected chi connectivity index (χ1v) is 9.14.